The van der Waals surface area contributed by atoms with E-state index in [1.807, 2.05) is 13.2 Å². The highest BCUT2D eigenvalue weighted by molar-refractivity contribution is 7.98. The first kappa shape index (κ1) is 17.7. The summed E-state index contributed by atoms with van der Waals surface area (Å²) in [5.41, 5.74) is -0.984. The van der Waals surface area contributed by atoms with Crippen molar-refractivity contribution in [2.45, 2.75) is 19.1 Å². The summed E-state index contributed by atoms with van der Waals surface area (Å²) in [6.45, 7) is 1.86. The molecule has 1 aromatic rings. The SMILES string of the molecule is CNc1c(C(=O)N(C)C(C)CSC)cccc1C(F)(F)F. The number of hydrogen-bond donors (Lipinski definition) is 1. The van der Waals surface area contributed by atoms with Gasteiger partial charge in [0, 0.05) is 25.9 Å². The van der Waals surface area contributed by atoms with Gasteiger partial charge in [-0.2, -0.15) is 24.9 Å². The van der Waals surface area contributed by atoms with Crippen molar-refractivity contribution in [1.29, 1.82) is 0 Å². The van der Waals surface area contributed by atoms with Crippen molar-refractivity contribution < 1.29 is 18.0 Å². The highest BCUT2D eigenvalue weighted by Gasteiger charge is 2.35. The second-order valence-corrected chi connectivity index (χ2v) is 5.61. The van der Waals surface area contributed by atoms with E-state index in [9.17, 15) is 18.0 Å². The molecule has 0 aliphatic carbocycles. The zero-order valence-corrected chi connectivity index (χ0v) is 13.2. The number of nitrogens with one attached hydrogen (secondary N) is 1. The van der Waals surface area contributed by atoms with Crippen LogP contribution in [0, 0.1) is 0 Å². The summed E-state index contributed by atoms with van der Waals surface area (Å²) in [5, 5.41) is 2.50. The minimum absolute atomic E-state index is 0.0304. The number of anilines is 1. The van der Waals surface area contributed by atoms with Gasteiger partial charge in [0.25, 0.3) is 5.91 Å². The number of benzene rings is 1. The Hall–Kier alpha value is -1.37. The highest BCUT2D eigenvalue weighted by Crippen LogP contribution is 2.36. The van der Waals surface area contributed by atoms with Crippen LogP contribution in [-0.2, 0) is 6.18 Å². The Morgan fingerprint density at radius 3 is 2.52 bits per heavy atom. The number of nitrogens with zero attached hydrogens (tertiary/aromatic N) is 1. The van der Waals surface area contributed by atoms with Crippen molar-refractivity contribution in [3.63, 3.8) is 0 Å². The molecule has 1 N–H and O–H groups in total. The van der Waals surface area contributed by atoms with Gasteiger partial charge in [-0.05, 0) is 25.3 Å². The number of para-hydroxylation sites is 1. The Labute approximate surface area is 126 Å². The summed E-state index contributed by atoms with van der Waals surface area (Å²) >= 11 is 1.58. The first-order valence-electron chi connectivity index (χ1n) is 6.38. The molecule has 0 saturated heterocycles. The Balaban J connectivity index is 3.22. The molecule has 1 aromatic carbocycles. The normalized spacial score (nSPS) is 12.9. The molecule has 0 radical (unpaired) electrons. The fraction of sp³-hybridized carbons (Fsp3) is 0.500. The molecule has 7 heteroatoms. The summed E-state index contributed by atoms with van der Waals surface area (Å²) in [6, 6.07) is 3.57. The molecular weight excluding hydrogens is 301 g/mol. The number of carbonyl (C=O) groups excluding carboxylic acids is 1. The Morgan fingerprint density at radius 1 is 1.43 bits per heavy atom. The molecule has 21 heavy (non-hydrogen) atoms. The number of carbonyl (C=O) groups is 1. The molecule has 0 bridgehead atoms. The lowest BCUT2D eigenvalue weighted by atomic mass is 10.0. The number of halogens is 3. The standard InChI is InChI=1S/C14H19F3N2OS/c1-9(8-21-4)19(3)13(20)10-6-5-7-11(12(10)18-2)14(15,16)17/h5-7,9,18H,8H2,1-4H3. The molecule has 0 heterocycles. The third-order valence-electron chi connectivity index (χ3n) is 3.24. The van der Waals surface area contributed by atoms with E-state index in [1.54, 1.807) is 18.8 Å². The summed E-state index contributed by atoms with van der Waals surface area (Å²) in [6.07, 6.45) is -2.59. The molecule has 0 aliphatic heterocycles. The topological polar surface area (TPSA) is 32.3 Å². The molecule has 118 valence electrons. The van der Waals surface area contributed by atoms with E-state index in [-0.39, 0.29) is 17.3 Å². The van der Waals surface area contributed by atoms with Crippen LogP contribution in [0.15, 0.2) is 18.2 Å². The average molecular weight is 320 g/mol. The van der Waals surface area contributed by atoms with Crippen LogP contribution in [0.1, 0.15) is 22.8 Å². The zero-order chi connectivity index (χ0) is 16.2. The summed E-state index contributed by atoms with van der Waals surface area (Å²) in [5.74, 6) is 0.294. The third-order valence-corrected chi connectivity index (χ3v) is 4.06. The van der Waals surface area contributed by atoms with E-state index in [2.05, 4.69) is 5.32 Å². The Kier molecular flexibility index (Phi) is 5.95. The van der Waals surface area contributed by atoms with Crippen LogP contribution in [0.2, 0.25) is 0 Å². The molecule has 0 aliphatic rings. The van der Waals surface area contributed by atoms with Crippen LogP contribution in [0.4, 0.5) is 18.9 Å². The number of rotatable bonds is 5. The largest absolute Gasteiger partial charge is 0.418 e. The molecule has 1 atom stereocenters. The van der Waals surface area contributed by atoms with Crippen LogP contribution in [-0.4, -0.2) is 43.0 Å². The molecule has 0 fully saturated rings. The Bertz CT molecular complexity index is 505. The Morgan fingerprint density at radius 2 is 2.05 bits per heavy atom. The van der Waals surface area contributed by atoms with Crippen LogP contribution in [0.5, 0.6) is 0 Å². The van der Waals surface area contributed by atoms with Gasteiger partial charge in [0.05, 0.1) is 16.8 Å². The van der Waals surface area contributed by atoms with Crippen LogP contribution >= 0.6 is 11.8 Å². The van der Waals surface area contributed by atoms with Gasteiger partial charge in [0.1, 0.15) is 0 Å². The number of amides is 1. The zero-order valence-electron chi connectivity index (χ0n) is 12.4. The molecule has 3 nitrogen and oxygen atoms in total. The van der Waals surface area contributed by atoms with Crippen molar-refractivity contribution in [3.8, 4) is 0 Å². The molecule has 1 unspecified atom stereocenters. The van der Waals surface area contributed by atoms with Gasteiger partial charge in [-0.3, -0.25) is 4.79 Å². The average Bonchev–Trinajstić information content (AvgIpc) is 2.44. The van der Waals surface area contributed by atoms with Crippen molar-refractivity contribution in [3.05, 3.63) is 29.3 Å². The molecular formula is C14H19F3N2OS. The fourth-order valence-electron chi connectivity index (χ4n) is 1.98. The smallest absolute Gasteiger partial charge is 0.387 e. The highest BCUT2D eigenvalue weighted by atomic mass is 32.2. The van der Waals surface area contributed by atoms with Crippen molar-refractivity contribution in [2.24, 2.45) is 0 Å². The van der Waals surface area contributed by atoms with Gasteiger partial charge in [-0.25, -0.2) is 0 Å². The summed E-state index contributed by atoms with van der Waals surface area (Å²) in [4.78, 5) is 13.9. The van der Waals surface area contributed by atoms with Crippen molar-refractivity contribution >= 4 is 23.4 Å². The van der Waals surface area contributed by atoms with E-state index in [4.69, 9.17) is 0 Å². The molecule has 1 rings (SSSR count). The summed E-state index contributed by atoms with van der Waals surface area (Å²) in [7, 11) is 2.98. The van der Waals surface area contributed by atoms with E-state index in [0.717, 1.165) is 11.8 Å². The van der Waals surface area contributed by atoms with E-state index in [1.165, 1.54) is 24.1 Å². The lowest BCUT2D eigenvalue weighted by Crippen LogP contribution is -2.37. The van der Waals surface area contributed by atoms with Gasteiger partial charge in [-0.1, -0.05) is 6.07 Å². The predicted octanol–water partition coefficient (Wildman–Crippen LogP) is 3.57. The van der Waals surface area contributed by atoms with Gasteiger partial charge in [0.15, 0.2) is 0 Å². The monoisotopic (exact) mass is 320 g/mol. The first-order valence-corrected chi connectivity index (χ1v) is 7.77. The van der Waals surface area contributed by atoms with Crippen LogP contribution in [0.25, 0.3) is 0 Å². The number of alkyl halides is 3. The van der Waals surface area contributed by atoms with Gasteiger partial charge in [-0.15, -0.1) is 0 Å². The maximum Gasteiger partial charge on any atom is 0.418 e. The maximum atomic E-state index is 13.0. The summed E-state index contributed by atoms with van der Waals surface area (Å²) < 4.78 is 39.0. The minimum Gasteiger partial charge on any atom is -0.387 e. The number of hydrogen-bond acceptors (Lipinski definition) is 3. The molecule has 0 aromatic heterocycles. The second-order valence-electron chi connectivity index (χ2n) is 4.70. The van der Waals surface area contributed by atoms with Crippen LogP contribution in [0.3, 0.4) is 0 Å². The molecule has 0 saturated carbocycles. The van der Waals surface area contributed by atoms with Crippen molar-refractivity contribution in [1.82, 2.24) is 4.90 Å². The fourth-order valence-corrected chi connectivity index (χ4v) is 2.69. The minimum atomic E-state index is -4.50. The molecule has 1 amide bonds. The van der Waals surface area contributed by atoms with E-state index >= 15 is 0 Å². The lowest BCUT2D eigenvalue weighted by molar-refractivity contribution is -0.136. The van der Waals surface area contributed by atoms with E-state index < -0.39 is 17.6 Å². The maximum absolute atomic E-state index is 13.0. The molecule has 0 spiro atoms. The van der Waals surface area contributed by atoms with Gasteiger partial charge < -0.3 is 10.2 Å². The van der Waals surface area contributed by atoms with E-state index in [0.29, 0.717) is 0 Å². The van der Waals surface area contributed by atoms with Gasteiger partial charge in [0.2, 0.25) is 0 Å². The van der Waals surface area contributed by atoms with Gasteiger partial charge >= 0.3 is 6.18 Å². The third kappa shape index (κ3) is 4.06. The quantitative estimate of drug-likeness (QED) is 0.900. The second kappa shape index (κ2) is 7.06. The lowest BCUT2D eigenvalue weighted by Gasteiger charge is -2.26. The van der Waals surface area contributed by atoms with Crippen LogP contribution < -0.4 is 5.32 Å². The number of thioether (sulfide) groups is 1. The predicted molar refractivity (Wildman–Crippen MR) is 80.9 cm³/mol. The first-order chi connectivity index (χ1) is 9.73. The van der Waals surface area contributed by atoms with Crippen molar-refractivity contribution in [2.75, 3.05) is 31.4 Å².